The van der Waals surface area contributed by atoms with Gasteiger partial charge in [-0.1, -0.05) is 29.8 Å². The van der Waals surface area contributed by atoms with Gasteiger partial charge in [-0.15, -0.1) is 36.2 Å². The number of nitrogens with one attached hydrogen (secondary N) is 1. The maximum absolute atomic E-state index is 4.49. The minimum atomic E-state index is 0. The average molecular weight is 319 g/mol. The first kappa shape index (κ1) is 18.4. The number of rotatable bonds is 4. The van der Waals surface area contributed by atoms with Crippen molar-refractivity contribution >= 4 is 36.2 Å². The van der Waals surface area contributed by atoms with Gasteiger partial charge in [0.15, 0.2) is 0 Å². The summed E-state index contributed by atoms with van der Waals surface area (Å²) in [5.74, 6) is 0. The molecule has 0 aliphatic heterocycles. The van der Waals surface area contributed by atoms with Crippen LogP contribution in [0.2, 0.25) is 0 Å². The van der Waals surface area contributed by atoms with Crippen molar-refractivity contribution in [2.24, 2.45) is 0 Å². The first-order valence-electron chi connectivity index (χ1n) is 5.86. The zero-order chi connectivity index (χ0) is 12.3. The Kier molecular flexibility index (Phi) is 8.26. The molecule has 1 N–H and O–H groups in total. The quantitative estimate of drug-likeness (QED) is 0.900. The molecule has 1 heterocycles. The molecule has 0 radical (unpaired) electrons. The van der Waals surface area contributed by atoms with Crippen molar-refractivity contribution in [1.29, 1.82) is 0 Å². The van der Waals surface area contributed by atoms with Crippen LogP contribution < -0.4 is 5.32 Å². The summed E-state index contributed by atoms with van der Waals surface area (Å²) in [4.78, 5) is 4.49. The van der Waals surface area contributed by atoms with Gasteiger partial charge in [0.2, 0.25) is 0 Å². The van der Waals surface area contributed by atoms with Crippen LogP contribution >= 0.6 is 36.2 Å². The van der Waals surface area contributed by atoms with Crippen LogP contribution in [-0.4, -0.2) is 4.98 Å². The third kappa shape index (κ3) is 5.49. The van der Waals surface area contributed by atoms with Crippen LogP contribution in [0.25, 0.3) is 0 Å². The van der Waals surface area contributed by atoms with Crippen molar-refractivity contribution in [1.82, 2.24) is 10.3 Å². The number of halogens is 2. The molecule has 0 spiro atoms. The Bertz CT molecular complexity index is 482. The smallest absolute Gasteiger partial charge is 0.0898 e. The molecule has 0 aliphatic rings. The van der Waals surface area contributed by atoms with E-state index >= 15 is 0 Å². The second-order valence-corrected chi connectivity index (χ2v) is 5.44. The molecule has 2 rings (SSSR count). The molecule has 1 aromatic carbocycles. The van der Waals surface area contributed by atoms with Gasteiger partial charge in [0.1, 0.15) is 0 Å². The lowest BCUT2D eigenvalue weighted by Gasteiger charge is -2.11. The van der Waals surface area contributed by atoms with Gasteiger partial charge in [-0.2, -0.15) is 0 Å². The van der Waals surface area contributed by atoms with E-state index in [2.05, 4.69) is 53.8 Å². The molecule has 0 bridgehead atoms. The fourth-order valence-corrected chi connectivity index (χ4v) is 2.37. The summed E-state index contributed by atoms with van der Waals surface area (Å²) in [6.07, 6.45) is 0. The molecule has 0 saturated heterocycles. The third-order valence-corrected chi connectivity index (χ3v) is 3.61. The molecule has 19 heavy (non-hydrogen) atoms. The van der Waals surface area contributed by atoms with Crippen molar-refractivity contribution in [3.63, 3.8) is 0 Å². The van der Waals surface area contributed by atoms with Crippen LogP contribution in [0.4, 0.5) is 0 Å². The van der Waals surface area contributed by atoms with Crippen LogP contribution in [0.1, 0.15) is 34.8 Å². The van der Waals surface area contributed by atoms with E-state index < -0.39 is 0 Å². The SMILES string of the molecule is Cc1ccc(CNC(C)c2csc(C)n2)cc1.Cl.Cl. The van der Waals surface area contributed by atoms with Crippen molar-refractivity contribution in [3.8, 4) is 0 Å². The maximum Gasteiger partial charge on any atom is 0.0898 e. The van der Waals surface area contributed by atoms with Gasteiger partial charge in [0.25, 0.3) is 0 Å². The summed E-state index contributed by atoms with van der Waals surface area (Å²) in [7, 11) is 0. The minimum Gasteiger partial charge on any atom is -0.305 e. The molecule has 0 amide bonds. The Labute approximate surface area is 131 Å². The molecular formula is C14H20Cl2N2S. The second-order valence-electron chi connectivity index (χ2n) is 4.38. The zero-order valence-electron chi connectivity index (χ0n) is 11.3. The molecular weight excluding hydrogens is 299 g/mol. The molecule has 1 unspecified atom stereocenters. The second kappa shape index (κ2) is 8.54. The largest absolute Gasteiger partial charge is 0.305 e. The van der Waals surface area contributed by atoms with Gasteiger partial charge >= 0.3 is 0 Å². The van der Waals surface area contributed by atoms with Crippen LogP contribution in [0, 0.1) is 13.8 Å². The van der Waals surface area contributed by atoms with Crippen LogP contribution in [-0.2, 0) is 6.54 Å². The molecule has 1 aromatic heterocycles. The Morgan fingerprint density at radius 3 is 2.32 bits per heavy atom. The highest BCUT2D eigenvalue weighted by Crippen LogP contribution is 2.16. The lowest BCUT2D eigenvalue weighted by atomic mass is 10.1. The highest BCUT2D eigenvalue weighted by Gasteiger charge is 2.07. The standard InChI is InChI=1S/C14H18N2S.2ClH/c1-10-4-6-13(7-5-10)8-15-11(2)14-9-17-12(3)16-14;;/h4-7,9,11,15H,8H2,1-3H3;2*1H. The molecule has 0 aliphatic carbocycles. The topological polar surface area (TPSA) is 24.9 Å². The fraction of sp³-hybridized carbons (Fsp3) is 0.357. The van der Waals surface area contributed by atoms with E-state index in [4.69, 9.17) is 0 Å². The van der Waals surface area contributed by atoms with E-state index in [-0.39, 0.29) is 24.8 Å². The summed E-state index contributed by atoms with van der Waals surface area (Å²) in [5, 5.41) is 6.75. The van der Waals surface area contributed by atoms with Crippen LogP contribution in [0.3, 0.4) is 0 Å². The van der Waals surface area contributed by atoms with Crippen LogP contribution in [0.15, 0.2) is 29.6 Å². The Morgan fingerprint density at radius 2 is 1.79 bits per heavy atom. The normalized spacial score (nSPS) is 11.3. The summed E-state index contributed by atoms with van der Waals surface area (Å²) in [6, 6.07) is 8.94. The van der Waals surface area contributed by atoms with E-state index in [0.29, 0.717) is 6.04 Å². The van der Waals surface area contributed by atoms with Crippen molar-refractivity contribution in [3.05, 3.63) is 51.5 Å². The molecule has 106 valence electrons. The maximum atomic E-state index is 4.49. The molecule has 2 aromatic rings. The predicted octanol–water partition coefficient (Wildman–Crippen LogP) is 4.45. The number of benzene rings is 1. The summed E-state index contributed by atoms with van der Waals surface area (Å²) < 4.78 is 0. The fourth-order valence-electron chi connectivity index (χ4n) is 1.66. The van der Waals surface area contributed by atoms with Gasteiger partial charge in [-0.05, 0) is 26.3 Å². The number of nitrogens with zero attached hydrogens (tertiary/aromatic N) is 1. The minimum absolute atomic E-state index is 0. The van der Waals surface area contributed by atoms with Crippen LogP contribution in [0.5, 0.6) is 0 Å². The van der Waals surface area contributed by atoms with Gasteiger partial charge < -0.3 is 5.32 Å². The zero-order valence-corrected chi connectivity index (χ0v) is 13.8. The van der Waals surface area contributed by atoms with E-state index in [9.17, 15) is 0 Å². The molecule has 1 atom stereocenters. The molecule has 5 heteroatoms. The summed E-state index contributed by atoms with van der Waals surface area (Å²) in [6.45, 7) is 7.19. The molecule has 2 nitrogen and oxygen atoms in total. The highest BCUT2D eigenvalue weighted by molar-refractivity contribution is 7.09. The van der Waals surface area contributed by atoms with Crippen molar-refractivity contribution < 1.29 is 0 Å². The first-order chi connectivity index (χ1) is 8.15. The van der Waals surface area contributed by atoms with E-state index in [1.165, 1.54) is 11.1 Å². The Hall–Kier alpha value is -0.610. The van der Waals surface area contributed by atoms with E-state index in [1.807, 2.05) is 6.92 Å². The third-order valence-electron chi connectivity index (χ3n) is 2.81. The lowest BCUT2D eigenvalue weighted by molar-refractivity contribution is 0.563. The Morgan fingerprint density at radius 1 is 1.16 bits per heavy atom. The number of aryl methyl sites for hydroxylation is 2. The van der Waals surface area contributed by atoms with Gasteiger partial charge in [0, 0.05) is 18.0 Å². The summed E-state index contributed by atoms with van der Waals surface area (Å²) >= 11 is 1.71. The summed E-state index contributed by atoms with van der Waals surface area (Å²) in [5.41, 5.74) is 3.76. The lowest BCUT2D eigenvalue weighted by Crippen LogP contribution is -2.18. The predicted molar refractivity (Wildman–Crippen MR) is 87.8 cm³/mol. The molecule has 0 saturated carbocycles. The van der Waals surface area contributed by atoms with Crippen molar-refractivity contribution in [2.75, 3.05) is 0 Å². The highest BCUT2D eigenvalue weighted by atomic mass is 35.5. The number of hydrogen-bond acceptors (Lipinski definition) is 3. The van der Waals surface area contributed by atoms with E-state index in [1.54, 1.807) is 11.3 Å². The van der Waals surface area contributed by atoms with Gasteiger partial charge in [0.05, 0.1) is 10.7 Å². The number of thiazole rings is 1. The Balaban J connectivity index is 0.00000162. The van der Waals surface area contributed by atoms with Gasteiger partial charge in [-0.3, -0.25) is 0 Å². The van der Waals surface area contributed by atoms with Gasteiger partial charge in [-0.25, -0.2) is 4.98 Å². The average Bonchev–Trinajstić information content (AvgIpc) is 2.75. The van der Waals surface area contributed by atoms with E-state index in [0.717, 1.165) is 17.2 Å². The first-order valence-corrected chi connectivity index (χ1v) is 6.74. The van der Waals surface area contributed by atoms with Crippen molar-refractivity contribution in [2.45, 2.75) is 33.4 Å². The number of hydrogen-bond donors (Lipinski definition) is 1. The molecule has 0 fully saturated rings. The monoisotopic (exact) mass is 318 g/mol. The number of aromatic nitrogens is 1.